The summed E-state index contributed by atoms with van der Waals surface area (Å²) in [6.45, 7) is 1.45. The fourth-order valence-electron chi connectivity index (χ4n) is 1.70. The Hall–Kier alpha value is -2.63. The van der Waals surface area contributed by atoms with Crippen LogP contribution >= 0.6 is 0 Å². The molecule has 0 aliphatic carbocycles. The summed E-state index contributed by atoms with van der Waals surface area (Å²) in [6, 6.07) is 10.3. The molecule has 1 atom stereocenters. The van der Waals surface area contributed by atoms with E-state index in [4.69, 9.17) is 15.2 Å². The Bertz CT molecular complexity index is 659. The highest BCUT2D eigenvalue weighted by Crippen LogP contribution is 2.20. The lowest BCUT2D eigenvalue weighted by Gasteiger charge is -2.12. The third kappa shape index (κ3) is 3.94. The van der Waals surface area contributed by atoms with Crippen LogP contribution in [-0.4, -0.2) is 12.0 Å². The van der Waals surface area contributed by atoms with Crippen LogP contribution in [0.4, 0.5) is 8.78 Å². The Labute approximate surface area is 126 Å². The van der Waals surface area contributed by atoms with Gasteiger partial charge in [-0.1, -0.05) is 12.1 Å². The second-order valence-corrected chi connectivity index (χ2v) is 4.64. The van der Waals surface area contributed by atoms with Gasteiger partial charge in [-0.15, -0.1) is 0 Å². The van der Waals surface area contributed by atoms with Crippen molar-refractivity contribution >= 4 is 5.91 Å². The number of halogens is 2. The zero-order chi connectivity index (χ0) is 16.1. The second-order valence-electron chi connectivity index (χ2n) is 4.64. The van der Waals surface area contributed by atoms with Crippen LogP contribution in [0.5, 0.6) is 11.5 Å². The van der Waals surface area contributed by atoms with E-state index < -0.39 is 23.6 Å². The summed E-state index contributed by atoms with van der Waals surface area (Å²) in [6.07, 6.45) is -0.742. The van der Waals surface area contributed by atoms with Crippen LogP contribution < -0.4 is 15.2 Å². The van der Waals surface area contributed by atoms with Gasteiger partial charge < -0.3 is 15.2 Å². The molecule has 0 heterocycles. The molecular weight excluding hydrogens is 292 g/mol. The minimum absolute atomic E-state index is 0.0957. The number of primary amides is 1. The minimum Gasteiger partial charge on any atom is -0.489 e. The lowest BCUT2D eigenvalue weighted by molar-refractivity contribution is -0.123. The van der Waals surface area contributed by atoms with Gasteiger partial charge in [0.15, 0.2) is 17.7 Å². The molecule has 2 aromatic rings. The smallest absolute Gasteiger partial charge is 0.258 e. The lowest BCUT2D eigenvalue weighted by atomic mass is 10.2. The first-order valence-corrected chi connectivity index (χ1v) is 6.59. The highest BCUT2D eigenvalue weighted by molar-refractivity contribution is 5.78. The molecule has 0 bridgehead atoms. The Morgan fingerprint density at radius 2 is 1.77 bits per heavy atom. The molecule has 116 valence electrons. The fraction of sp³-hybridized carbons (Fsp3) is 0.188. The molecule has 2 rings (SSSR count). The number of carbonyl (C=O) groups excluding carboxylic acids is 1. The van der Waals surface area contributed by atoms with Crippen molar-refractivity contribution in [3.63, 3.8) is 0 Å². The highest BCUT2D eigenvalue weighted by atomic mass is 19.2. The van der Waals surface area contributed by atoms with E-state index in [1.807, 2.05) is 0 Å². The maximum absolute atomic E-state index is 13.5. The molecule has 0 aliphatic heterocycles. The van der Waals surface area contributed by atoms with E-state index in [2.05, 4.69) is 0 Å². The van der Waals surface area contributed by atoms with Crippen molar-refractivity contribution in [1.29, 1.82) is 0 Å². The first-order chi connectivity index (χ1) is 10.5. The van der Waals surface area contributed by atoms with E-state index in [1.165, 1.54) is 12.1 Å². The summed E-state index contributed by atoms with van der Waals surface area (Å²) >= 11 is 0. The molecule has 4 nitrogen and oxygen atoms in total. The second kappa shape index (κ2) is 6.89. The topological polar surface area (TPSA) is 61.6 Å². The molecule has 22 heavy (non-hydrogen) atoms. The summed E-state index contributed by atoms with van der Waals surface area (Å²) in [5.74, 6) is -1.48. The van der Waals surface area contributed by atoms with Gasteiger partial charge in [-0.05, 0) is 37.3 Å². The maximum atomic E-state index is 13.5. The summed E-state index contributed by atoms with van der Waals surface area (Å²) in [7, 11) is 0. The van der Waals surface area contributed by atoms with Crippen LogP contribution in [0.2, 0.25) is 0 Å². The molecule has 1 unspecified atom stereocenters. The number of carbonyl (C=O) groups is 1. The molecule has 1 amide bonds. The SMILES string of the molecule is CC(Oc1ccc(OCc2cccc(F)c2F)cc1)C(N)=O. The van der Waals surface area contributed by atoms with Crippen molar-refractivity contribution < 1.29 is 23.0 Å². The molecule has 0 aromatic heterocycles. The highest BCUT2D eigenvalue weighted by Gasteiger charge is 2.10. The average molecular weight is 307 g/mol. The molecular formula is C16H15F2NO3. The van der Waals surface area contributed by atoms with Crippen molar-refractivity contribution in [2.24, 2.45) is 5.73 Å². The number of nitrogens with two attached hydrogens (primary N) is 1. The van der Waals surface area contributed by atoms with Gasteiger partial charge in [0.05, 0.1) is 0 Å². The summed E-state index contributed by atoms with van der Waals surface area (Å²) in [4.78, 5) is 10.9. The van der Waals surface area contributed by atoms with Crippen LogP contribution in [-0.2, 0) is 11.4 Å². The predicted octanol–water partition coefficient (Wildman–Crippen LogP) is 2.80. The molecule has 2 N–H and O–H groups in total. The number of rotatable bonds is 6. The van der Waals surface area contributed by atoms with Crippen molar-refractivity contribution in [2.45, 2.75) is 19.6 Å². The quantitative estimate of drug-likeness (QED) is 0.892. The third-order valence-electron chi connectivity index (χ3n) is 2.96. The largest absolute Gasteiger partial charge is 0.489 e. The van der Waals surface area contributed by atoms with Gasteiger partial charge in [0, 0.05) is 5.56 Å². The van der Waals surface area contributed by atoms with Crippen molar-refractivity contribution in [2.75, 3.05) is 0 Å². The zero-order valence-corrected chi connectivity index (χ0v) is 11.9. The first-order valence-electron chi connectivity index (χ1n) is 6.59. The van der Waals surface area contributed by atoms with E-state index in [-0.39, 0.29) is 12.2 Å². The summed E-state index contributed by atoms with van der Waals surface area (Å²) in [5.41, 5.74) is 5.22. The summed E-state index contributed by atoms with van der Waals surface area (Å²) in [5, 5.41) is 0. The Kier molecular flexibility index (Phi) is 4.93. The van der Waals surface area contributed by atoms with Crippen LogP contribution in [0.3, 0.4) is 0 Å². The van der Waals surface area contributed by atoms with Crippen LogP contribution in [0.1, 0.15) is 12.5 Å². The maximum Gasteiger partial charge on any atom is 0.258 e. The predicted molar refractivity (Wildman–Crippen MR) is 76.4 cm³/mol. The van der Waals surface area contributed by atoms with Gasteiger partial charge in [0.1, 0.15) is 18.1 Å². The van der Waals surface area contributed by atoms with Gasteiger partial charge in [-0.25, -0.2) is 8.78 Å². The van der Waals surface area contributed by atoms with Gasteiger partial charge >= 0.3 is 0 Å². The van der Waals surface area contributed by atoms with E-state index in [0.29, 0.717) is 11.5 Å². The lowest BCUT2D eigenvalue weighted by Crippen LogP contribution is -2.30. The van der Waals surface area contributed by atoms with E-state index in [0.717, 1.165) is 6.07 Å². The molecule has 0 aliphatic rings. The Morgan fingerprint density at radius 1 is 1.14 bits per heavy atom. The van der Waals surface area contributed by atoms with Crippen LogP contribution in [0.15, 0.2) is 42.5 Å². The van der Waals surface area contributed by atoms with E-state index in [1.54, 1.807) is 31.2 Å². The standard InChI is InChI=1S/C16H15F2NO3/c1-10(16(19)20)22-13-7-5-12(6-8-13)21-9-11-3-2-4-14(17)15(11)18/h2-8,10H,9H2,1H3,(H2,19,20). The monoisotopic (exact) mass is 307 g/mol. The number of hydrogen-bond acceptors (Lipinski definition) is 3. The molecule has 2 aromatic carbocycles. The van der Waals surface area contributed by atoms with Crippen LogP contribution in [0.25, 0.3) is 0 Å². The number of benzene rings is 2. The van der Waals surface area contributed by atoms with Gasteiger partial charge in [-0.2, -0.15) is 0 Å². The molecule has 0 spiro atoms. The third-order valence-corrected chi connectivity index (χ3v) is 2.96. The molecule has 6 heteroatoms. The average Bonchev–Trinajstić information content (AvgIpc) is 2.50. The number of amides is 1. The van der Waals surface area contributed by atoms with Crippen molar-refractivity contribution in [3.8, 4) is 11.5 Å². The number of hydrogen-bond donors (Lipinski definition) is 1. The van der Waals surface area contributed by atoms with E-state index >= 15 is 0 Å². The summed E-state index contributed by atoms with van der Waals surface area (Å²) < 4.78 is 37.2. The normalized spacial score (nSPS) is 11.8. The molecule has 0 saturated heterocycles. The molecule has 0 fully saturated rings. The van der Waals surface area contributed by atoms with E-state index in [9.17, 15) is 13.6 Å². The van der Waals surface area contributed by atoms with Crippen molar-refractivity contribution in [1.82, 2.24) is 0 Å². The fourth-order valence-corrected chi connectivity index (χ4v) is 1.70. The molecule has 0 radical (unpaired) electrons. The van der Waals surface area contributed by atoms with Crippen molar-refractivity contribution in [3.05, 3.63) is 59.7 Å². The van der Waals surface area contributed by atoms with Gasteiger partial charge in [0.25, 0.3) is 5.91 Å². The Balaban J connectivity index is 1.97. The van der Waals surface area contributed by atoms with Gasteiger partial charge in [0.2, 0.25) is 0 Å². The Morgan fingerprint density at radius 3 is 2.41 bits per heavy atom. The first kappa shape index (κ1) is 15.8. The zero-order valence-electron chi connectivity index (χ0n) is 11.9. The van der Waals surface area contributed by atoms with Crippen LogP contribution in [0, 0.1) is 11.6 Å². The minimum atomic E-state index is -0.919. The molecule has 0 saturated carbocycles. The number of ether oxygens (including phenoxy) is 2. The van der Waals surface area contributed by atoms with Gasteiger partial charge in [-0.3, -0.25) is 4.79 Å².